The van der Waals surface area contributed by atoms with Gasteiger partial charge in [-0.2, -0.15) is 0 Å². The zero-order chi connectivity index (χ0) is 7.94. The number of hydrogen-bond acceptors (Lipinski definition) is 1. The fourth-order valence-electron chi connectivity index (χ4n) is 1.54. The average molecular weight is 268 g/mol. The fourth-order valence-corrected chi connectivity index (χ4v) is 1.85. The summed E-state index contributed by atoms with van der Waals surface area (Å²) in [6.07, 6.45) is 8.63. The summed E-state index contributed by atoms with van der Waals surface area (Å²) in [5.74, 6) is 0. The summed E-state index contributed by atoms with van der Waals surface area (Å²) in [4.78, 5) is 0. The zero-order valence-electron chi connectivity index (χ0n) is 7.02. The van der Waals surface area contributed by atoms with Crippen molar-refractivity contribution in [3.63, 3.8) is 0 Å². The van der Waals surface area contributed by atoms with Crippen molar-refractivity contribution in [1.29, 1.82) is 0 Å². The van der Waals surface area contributed by atoms with E-state index in [0.717, 1.165) is 6.61 Å². The van der Waals surface area contributed by atoms with Crippen LogP contribution in [-0.2, 0) is 4.74 Å². The van der Waals surface area contributed by atoms with Crippen molar-refractivity contribution in [2.45, 2.75) is 44.6 Å². The summed E-state index contributed by atoms with van der Waals surface area (Å²) in [7, 11) is 0. The lowest BCUT2D eigenvalue weighted by molar-refractivity contribution is 0.0295. The van der Waals surface area contributed by atoms with Gasteiger partial charge < -0.3 is 4.74 Å². The molecule has 1 rings (SSSR count). The molecule has 1 aliphatic rings. The summed E-state index contributed by atoms with van der Waals surface area (Å²) < 4.78 is 6.95. The summed E-state index contributed by atoms with van der Waals surface area (Å²) in [5.41, 5.74) is 0. The number of ether oxygens (including phenoxy) is 1. The maximum Gasteiger partial charge on any atom is 0.0575 e. The first kappa shape index (κ1) is 9.78. The van der Waals surface area contributed by atoms with Crippen molar-refractivity contribution in [1.82, 2.24) is 0 Å². The second-order valence-electron chi connectivity index (χ2n) is 3.17. The number of alkyl halides is 1. The maximum atomic E-state index is 5.72. The Balaban J connectivity index is 1.96. The van der Waals surface area contributed by atoms with Crippen LogP contribution in [0, 0.1) is 0 Å². The van der Waals surface area contributed by atoms with E-state index in [9.17, 15) is 0 Å². The van der Waals surface area contributed by atoms with Crippen molar-refractivity contribution in [2.75, 3.05) is 11.0 Å². The molecule has 0 bridgehead atoms. The van der Waals surface area contributed by atoms with Gasteiger partial charge in [-0.25, -0.2) is 0 Å². The second-order valence-corrected chi connectivity index (χ2v) is 4.25. The topological polar surface area (TPSA) is 9.23 Å². The second kappa shape index (κ2) is 6.23. The fraction of sp³-hybridized carbons (Fsp3) is 1.00. The van der Waals surface area contributed by atoms with E-state index in [4.69, 9.17) is 4.74 Å². The molecule has 0 aliphatic heterocycles. The van der Waals surface area contributed by atoms with Gasteiger partial charge in [0.1, 0.15) is 0 Å². The lowest BCUT2D eigenvalue weighted by Gasteiger charge is -2.21. The van der Waals surface area contributed by atoms with Gasteiger partial charge in [-0.05, 0) is 19.3 Å². The Bertz CT molecular complexity index is 89.6. The highest BCUT2D eigenvalue weighted by molar-refractivity contribution is 14.1. The molecule has 0 amide bonds. The van der Waals surface area contributed by atoms with E-state index in [2.05, 4.69) is 22.6 Å². The van der Waals surface area contributed by atoms with Crippen LogP contribution in [0.5, 0.6) is 0 Å². The van der Waals surface area contributed by atoms with Gasteiger partial charge in [-0.15, -0.1) is 0 Å². The Morgan fingerprint density at radius 2 is 1.91 bits per heavy atom. The highest BCUT2D eigenvalue weighted by Gasteiger charge is 2.12. The lowest BCUT2D eigenvalue weighted by atomic mass is 9.98. The minimum absolute atomic E-state index is 0.603. The lowest BCUT2D eigenvalue weighted by Crippen LogP contribution is -2.17. The van der Waals surface area contributed by atoms with E-state index < -0.39 is 0 Å². The van der Waals surface area contributed by atoms with Crippen LogP contribution in [0.4, 0.5) is 0 Å². The molecule has 0 unspecified atom stereocenters. The minimum Gasteiger partial charge on any atom is -0.378 e. The molecule has 1 nitrogen and oxygen atoms in total. The molecule has 0 spiro atoms. The summed E-state index contributed by atoms with van der Waals surface area (Å²) >= 11 is 2.40. The first-order valence-corrected chi connectivity index (χ1v) is 6.13. The highest BCUT2D eigenvalue weighted by atomic mass is 127. The normalized spacial score (nSPS) is 20.5. The molecule has 0 aromatic heterocycles. The standard InChI is InChI=1S/C9H17IO/c10-7-4-8-11-9-5-2-1-3-6-9/h9H,1-8H2. The van der Waals surface area contributed by atoms with Gasteiger partial charge >= 0.3 is 0 Å². The molecule has 66 valence electrons. The quantitative estimate of drug-likeness (QED) is 0.432. The van der Waals surface area contributed by atoms with Crippen molar-refractivity contribution in [2.24, 2.45) is 0 Å². The van der Waals surface area contributed by atoms with Gasteiger partial charge in [0, 0.05) is 11.0 Å². The van der Waals surface area contributed by atoms with Gasteiger partial charge in [-0.1, -0.05) is 41.9 Å². The van der Waals surface area contributed by atoms with Gasteiger partial charge in [0.05, 0.1) is 6.10 Å². The molecule has 0 radical (unpaired) electrons. The number of rotatable bonds is 4. The van der Waals surface area contributed by atoms with Gasteiger partial charge in [0.15, 0.2) is 0 Å². The molecule has 0 aromatic carbocycles. The predicted octanol–water partition coefficient (Wildman–Crippen LogP) is 3.16. The van der Waals surface area contributed by atoms with Gasteiger partial charge in [0.2, 0.25) is 0 Å². The van der Waals surface area contributed by atoms with Crippen LogP contribution in [0.25, 0.3) is 0 Å². The molecular weight excluding hydrogens is 251 g/mol. The highest BCUT2D eigenvalue weighted by Crippen LogP contribution is 2.20. The van der Waals surface area contributed by atoms with E-state index in [1.165, 1.54) is 43.0 Å². The Morgan fingerprint density at radius 1 is 1.18 bits per heavy atom. The molecule has 11 heavy (non-hydrogen) atoms. The number of halogens is 1. The summed E-state index contributed by atoms with van der Waals surface area (Å²) in [5, 5.41) is 0. The predicted molar refractivity (Wildman–Crippen MR) is 56.3 cm³/mol. The van der Waals surface area contributed by atoms with Crippen LogP contribution in [0.2, 0.25) is 0 Å². The molecule has 0 atom stereocenters. The van der Waals surface area contributed by atoms with E-state index in [1.807, 2.05) is 0 Å². The third kappa shape index (κ3) is 4.31. The molecule has 2 heteroatoms. The monoisotopic (exact) mass is 268 g/mol. The van der Waals surface area contributed by atoms with Crippen LogP contribution in [0.1, 0.15) is 38.5 Å². The number of hydrogen-bond donors (Lipinski definition) is 0. The molecule has 0 N–H and O–H groups in total. The van der Waals surface area contributed by atoms with Crippen molar-refractivity contribution in [3.8, 4) is 0 Å². The van der Waals surface area contributed by atoms with E-state index in [-0.39, 0.29) is 0 Å². The molecule has 1 saturated carbocycles. The summed E-state index contributed by atoms with van der Waals surface area (Å²) in [6.45, 7) is 0.980. The summed E-state index contributed by atoms with van der Waals surface area (Å²) in [6, 6.07) is 0. The van der Waals surface area contributed by atoms with Crippen LogP contribution < -0.4 is 0 Å². The average Bonchev–Trinajstić information content (AvgIpc) is 2.07. The Hall–Kier alpha value is 0.690. The zero-order valence-corrected chi connectivity index (χ0v) is 9.18. The van der Waals surface area contributed by atoms with Gasteiger partial charge in [0.25, 0.3) is 0 Å². The maximum absolute atomic E-state index is 5.72. The third-order valence-electron chi connectivity index (χ3n) is 2.18. The molecule has 0 heterocycles. The molecule has 1 fully saturated rings. The largest absolute Gasteiger partial charge is 0.378 e. The Labute approximate surface area is 83.0 Å². The first-order valence-electron chi connectivity index (χ1n) is 4.61. The van der Waals surface area contributed by atoms with Crippen LogP contribution in [0.3, 0.4) is 0 Å². The Kier molecular flexibility index (Phi) is 5.54. The third-order valence-corrected chi connectivity index (χ3v) is 2.95. The minimum atomic E-state index is 0.603. The molecule has 1 aliphatic carbocycles. The van der Waals surface area contributed by atoms with Crippen molar-refractivity contribution >= 4 is 22.6 Å². The van der Waals surface area contributed by atoms with Crippen molar-refractivity contribution in [3.05, 3.63) is 0 Å². The van der Waals surface area contributed by atoms with Gasteiger partial charge in [-0.3, -0.25) is 0 Å². The Morgan fingerprint density at radius 3 is 2.55 bits per heavy atom. The van der Waals surface area contributed by atoms with E-state index >= 15 is 0 Å². The van der Waals surface area contributed by atoms with E-state index in [1.54, 1.807) is 0 Å². The molecular formula is C9H17IO. The SMILES string of the molecule is ICCCOC1CCCCC1. The van der Waals surface area contributed by atoms with Crippen LogP contribution in [-0.4, -0.2) is 17.1 Å². The first-order chi connectivity index (χ1) is 5.43. The molecule has 0 saturated heterocycles. The molecule has 0 aromatic rings. The van der Waals surface area contributed by atoms with Crippen LogP contribution >= 0.6 is 22.6 Å². The van der Waals surface area contributed by atoms with Crippen LogP contribution in [0.15, 0.2) is 0 Å². The van der Waals surface area contributed by atoms with Crippen molar-refractivity contribution < 1.29 is 4.74 Å². The van der Waals surface area contributed by atoms with E-state index in [0.29, 0.717) is 6.10 Å². The smallest absolute Gasteiger partial charge is 0.0575 e.